The number of hydrogen-bond acceptors (Lipinski definition) is 4. The van der Waals surface area contributed by atoms with E-state index in [4.69, 9.17) is 4.74 Å². The molecule has 1 aromatic carbocycles. The van der Waals surface area contributed by atoms with E-state index in [0.717, 1.165) is 18.4 Å². The number of aromatic amines is 1. The first-order valence-electron chi connectivity index (χ1n) is 9.21. The van der Waals surface area contributed by atoms with Gasteiger partial charge in [-0.15, -0.1) is 0 Å². The maximum absolute atomic E-state index is 12.5. The van der Waals surface area contributed by atoms with Crippen LogP contribution in [-0.2, 0) is 6.54 Å². The Kier molecular flexibility index (Phi) is 4.87. The molecule has 2 heterocycles. The van der Waals surface area contributed by atoms with Crippen molar-refractivity contribution in [3.63, 3.8) is 0 Å². The zero-order chi connectivity index (χ0) is 18.6. The smallest absolute Gasteiger partial charge is 0.257 e. The number of fused-ring (bicyclic) bond motifs is 1. The summed E-state index contributed by atoms with van der Waals surface area (Å²) in [5.74, 6) is 0.175. The fraction of sp³-hybridized carbons (Fsp3) is 0.286. The number of carbonyl (C=O) groups is 1. The average molecular weight is 363 g/mol. The standard InChI is InChI=1S/C21H21N3O3/c25-20-16-7-3-4-8-18(16)23-13-17(20)21(26)24-12-14-9-10-22-19(11-14)27-15-5-1-2-6-15/h3-4,7-11,13,15H,1-2,5-6,12H2,(H,23,25)(H,24,26). The maximum atomic E-state index is 12.5. The Morgan fingerprint density at radius 1 is 1.22 bits per heavy atom. The molecule has 1 fully saturated rings. The Bertz CT molecular complexity index is 1020. The van der Waals surface area contributed by atoms with Crippen LogP contribution in [0.15, 0.2) is 53.6 Å². The van der Waals surface area contributed by atoms with Crippen LogP contribution < -0.4 is 15.5 Å². The molecule has 6 heteroatoms. The Morgan fingerprint density at radius 2 is 2.04 bits per heavy atom. The monoisotopic (exact) mass is 363 g/mol. The molecule has 0 spiro atoms. The SMILES string of the molecule is O=C(NCc1ccnc(OC2CCCC2)c1)c1c[nH]c2ccccc2c1=O. The van der Waals surface area contributed by atoms with Gasteiger partial charge in [-0.3, -0.25) is 9.59 Å². The summed E-state index contributed by atoms with van der Waals surface area (Å²) in [5, 5.41) is 3.30. The Hall–Kier alpha value is -3.15. The van der Waals surface area contributed by atoms with Gasteiger partial charge >= 0.3 is 0 Å². The molecular formula is C21H21N3O3. The molecule has 4 rings (SSSR count). The number of H-pyrrole nitrogens is 1. The summed E-state index contributed by atoms with van der Waals surface area (Å²) in [6.45, 7) is 0.300. The summed E-state index contributed by atoms with van der Waals surface area (Å²) in [6, 6.07) is 10.8. The van der Waals surface area contributed by atoms with Crippen molar-refractivity contribution in [3.8, 4) is 5.88 Å². The van der Waals surface area contributed by atoms with Crippen molar-refractivity contribution >= 4 is 16.8 Å². The van der Waals surface area contributed by atoms with Gasteiger partial charge in [0.05, 0.1) is 0 Å². The van der Waals surface area contributed by atoms with Crippen molar-refractivity contribution < 1.29 is 9.53 Å². The van der Waals surface area contributed by atoms with Crippen molar-refractivity contribution in [1.29, 1.82) is 0 Å². The van der Waals surface area contributed by atoms with Gasteiger partial charge in [0.1, 0.15) is 11.7 Å². The van der Waals surface area contributed by atoms with E-state index < -0.39 is 5.91 Å². The first-order valence-corrected chi connectivity index (χ1v) is 9.21. The molecule has 3 aromatic rings. The molecule has 0 bridgehead atoms. The van der Waals surface area contributed by atoms with Crippen molar-refractivity contribution in [3.05, 3.63) is 70.1 Å². The van der Waals surface area contributed by atoms with Gasteiger partial charge in [0.2, 0.25) is 11.3 Å². The second-order valence-corrected chi connectivity index (χ2v) is 6.79. The van der Waals surface area contributed by atoms with Crippen molar-refractivity contribution in [2.24, 2.45) is 0 Å². The Labute approximate surface area is 156 Å². The number of hydrogen-bond donors (Lipinski definition) is 2. The molecule has 6 nitrogen and oxygen atoms in total. The summed E-state index contributed by atoms with van der Waals surface area (Å²) < 4.78 is 5.90. The van der Waals surface area contributed by atoms with E-state index in [-0.39, 0.29) is 17.1 Å². The minimum absolute atomic E-state index is 0.102. The fourth-order valence-corrected chi connectivity index (χ4v) is 3.42. The van der Waals surface area contributed by atoms with Crippen LogP contribution in [0, 0.1) is 0 Å². The van der Waals surface area contributed by atoms with E-state index in [1.54, 1.807) is 24.4 Å². The molecule has 1 saturated carbocycles. The number of aromatic nitrogens is 2. The van der Waals surface area contributed by atoms with Crippen molar-refractivity contribution in [2.75, 3.05) is 0 Å². The molecule has 0 aliphatic heterocycles. The fourth-order valence-electron chi connectivity index (χ4n) is 3.42. The normalized spacial score (nSPS) is 14.4. The molecule has 0 atom stereocenters. The van der Waals surface area contributed by atoms with Gasteiger partial charge in [0.15, 0.2) is 0 Å². The van der Waals surface area contributed by atoms with Crippen LogP contribution in [-0.4, -0.2) is 22.0 Å². The average Bonchev–Trinajstić information content (AvgIpc) is 3.20. The predicted octanol–water partition coefficient (Wildman–Crippen LogP) is 3.17. The highest BCUT2D eigenvalue weighted by Crippen LogP contribution is 2.23. The highest BCUT2D eigenvalue weighted by Gasteiger charge is 2.17. The van der Waals surface area contributed by atoms with Crippen LogP contribution >= 0.6 is 0 Å². The Morgan fingerprint density at radius 3 is 2.89 bits per heavy atom. The summed E-state index contributed by atoms with van der Waals surface area (Å²) in [6.07, 6.45) is 7.89. The van der Waals surface area contributed by atoms with E-state index in [9.17, 15) is 9.59 Å². The van der Waals surface area contributed by atoms with E-state index in [1.807, 2.05) is 18.2 Å². The molecule has 1 aliphatic rings. The molecular weight excluding hydrogens is 342 g/mol. The zero-order valence-corrected chi connectivity index (χ0v) is 14.9. The highest BCUT2D eigenvalue weighted by molar-refractivity contribution is 5.97. The minimum Gasteiger partial charge on any atom is -0.474 e. The number of carbonyl (C=O) groups excluding carboxylic acids is 1. The molecule has 0 saturated heterocycles. The summed E-state index contributed by atoms with van der Waals surface area (Å²) in [4.78, 5) is 32.2. The van der Waals surface area contributed by atoms with E-state index in [2.05, 4.69) is 15.3 Å². The molecule has 138 valence electrons. The summed E-state index contributed by atoms with van der Waals surface area (Å²) in [7, 11) is 0. The van der Waals surface area contributed by atoms with Gasteiger partial charge in [-0.05, 0) is 49.4 Å². The lowest BCUT2D eigenvalue weighted by atomic mass is 10.1. The quantitative estimate of drug-likeness (QED) is 0.729. The van der Waals surface area contributed by atoms with Crippen molar-refractivity contribution in [2.45, 2.75) is 38.3 Å². The molecule has 2 N–H and O–H groups in total. The van der Waals surface area contributed by atoms with E-state index in [0.29, 0.717) is 23.3 Å². The van der Waals surface area contributed by atoms with Crippen molar-refractivity contribution in [1.82, 2.24) is 15.3 Å². The second kappa shape index (κ2) is 7.61. The van der Waals surface area contributed by atoms with Gasteiger partial charge in [0, 0.05) is 35.9 Å². The third-order valence-electron chi connectivity index (χ3n) is 4.87. The number of amides is 1. The number of benzene rings is 1. The summed E-state index contributed by atoms with van der Waals surface area (Å²) in [5.41, 5.74) is 1.41. The second-order valence-electron chi connectivity index (χ2n) is 6.79. The zero-order valence-electron chi connectivity index (χ0n) is 14.9. The number of nitrogens with zero attached hydrogens (tertiary/aromatic N) is 1. The lowest BCUT2D eigenvalue weighted by molar-refractivity contribution is 0.0949. The molecule has 27 heavy (non-hydrogen) atoms. The number of rotatable bonds is 5. The third-order valence-corrected chi connectivity index (χ3v) is 4.87. The van der Waals surface area contributed by atoms with Crippen LogP contribution in [0.25, 0.3) is 10.9 Å². The van der Waals surface area contributed by atoms with E-state index in [1.165, 1.54) is 19.0 Å². The van der Waals surface area contributed by atoms with E-state index >= 15 is 0 Å². The van der Waals surface area contributed by atoms with Crippen LogP contribution in [0.4, 0.5) is 0 Å². The molecule has 1 aliphatic carbocycles. The van der Waals surface area contributed by atoms with Gasteiger partial charge in [-0.1, -0.05) is 12.1 Å². The Balaban J connectivity index is 1.45. The van der Waals surface area contributed by atoms with Gasteiger partial charge < -0.3 is 15.0 Å². The van der Waals surface area contributed by atoms with Gasteiger partial charge in [-0.25, -0.2) is 4.98 Å². The third kappa shape index (κ3) is 3.84. The first-order chi connectivity index (χ1) is 13.2. The van der Waals surface area contributed by atoms with Gasteiger partial charge in [0.25, 0.3) is 5.91 Å². The lowest BCUT2D eigenvalue weighted by Gasteiger charge is -2.13. The van der Waals surface area contributed by atoms with Crippen LogP contribution in [0.2, 0.25) is 0 Å². The molecule has 2 aromatic heterocycles. The number of nitrogens with one attached hydrogen (secondary N) is 2. The number of para-hydroxylation sites is 1. The highest BCUT2D eigenvalue weighted by atomic mass is 16.5. The molecule has 0 unspecified atom stereocenters. The predicted molar refractivity (Wildman–Crippen MR) is 103 cm³/mol. The maximum Gasteiger partial charge on any atom is 0.257 e. The van der Waals surface area contributed by atoms with Crippen LogP contribution in [0.3, 0.4) is 0 Å². The molecule has 1 amide bonds. The number of pyridine rings is 2. The minimum atomic E-state index is -0.405. The lowest BCUT2D eigenvalue weighted by Crippen LogP contribution is -2.28. The topological polar surface area (TPSA) is 84.1 Å². The number of ether oxygens (including phenoxy) is 1. The van der Waals surface area contributed by atoms with Gasteiger partial charge in [-0.2, -0.15) is 0 Å². The first kappa shape index (κ1) is 17.3. The summed E-state index contributed by atoms with van der Waals surface area (Å²) >= 11 is 0. The van der Waals surface area contributed by atoms with Crippen LogP contribution in [0.5, 0.6) is 5.88 Å². The molecule has 0 radical (unpaired) electrons. The van der Waals surface area contributed by atoms with Crippen LogP contribution in [0.1, 0.15) is 41.6 Å². The largest absolute Gasteiger partial charge is 0.474 e.